The number of nitrogens with one attached hydrogen (secondary N) is 3. The molecule has 3 N–H and O–H groups in total. The van der Waals surface area contributed by atoms with Crippen molar-refractivity contribution in [1.82, 2.24) is 16.0 Å². The summed E-state index contributed by atoms with van der Waals surface area (Å²) in [5.74, 6) is 0.869. The molecule has 1 atom stereocenters. The van der Waals surface area contributed by atoms with Gasteiger partial charge in [0.1, 0.15) is 5.82 Å². The van der Waals surface area contributed by atoms with Crippen LogP contribution in [0.5, 0.6) is 0 Å². The van der Waals surface area contributed by atoms with Crippen LogP contribution in [-0.2, 0) is 20.7 Å². The number of carbonyl (C=O) groups excluding carboxylic acids is 1. The minimum Gasteiger partial charge on any atom is -0.381 e. The molecule has 1 aliphatic rings. The smallest absolute Gasteiger partial charge is 0.224 e. The van der Waals surface area contributed by atoms with Crippen LogP contribution in [0.15, 0.2) is 29.3 Å². The Kier molecular flexibility index (Phi) is 14.4. The van der Waals surface area contributed by atoms with Gasteiger partial charge in [0.15, 0.2) is 5.96 Å². The van der Waals surface area contributed by atoms with Crippen LogP contribution in [0.25, 0.3) is 0 Å². The summed E-state index contributed by atoms with van der Waals surface area (Å²) in [5.41, 5.74) is 0.787. The van der Waals surface area contributed by atoms with Crippen molar-refractivity contribution >= 4 is 35.8 Å². The Labute approximate surface area is 195 Å². The molecule has 0 aliphatic carbocycles. The number of benzene rings is 1. The molecule has 7 nitrogen and oxygen atoms in total. The molecule has 1 aliphatic heterocycles. The molecule has 1 aromatic carbocycles. The molecule has 0 aromatic heterocycles. The molecule has 0 radical (unpaired) electrons. The van der Waals surface area contributed by atoms with E-state index in [0.717, 1.165) is 50.7 Å². The van der Waals surface area contributed by atoms with Crippen LogP contribution in [0.2, 0.25) is 0 Å². The van der Waals surface area contributed by atoms with Gasteiger partial charge < -0.3 is 25.4 Å². The Morgan fingerprint density at radius 2 is 2.00 bits per heavy atom. The van der Waals surface area contributed by atoms with Gasteiger partial charge in [-0.1, -0.05) is 12.1 Å². The number of hydrogen-bond acceptors (Lipinski definition) is 4. The van der Waals surface area contributed by atoms with Crippen molar-refractivity contribution in [2.45, 2.75) is 26.2 Å². The van der Waals surface area contributed by atoms with Crippen molar-refractivity contribution in [3.8, 4) is 0 Å². The van der Waals surface area contributed by atoms with Gasteiger partial charge in [-0.25, -0.2) is 4.39 Å². The van der Waals surface area contributed by atoms with Gasteiger partial charge in [-0.05, 0) is 37.5 Å². The number of carbonyl (C=O) groups is 1. The molecule has 1 heterocycles. The minimum atomic E-state index is -0.302. The summed E-state index contributed by atoms with van der Waals surface area (Å²) in [6.45, 7) is 7.62. The predicted molar refractivity (Wildman–Crippen MR) is 127 cm³/mol. The zero-order valence-electron chi connectivity index (χ0n) is 17.6. The summed E-state index contributed by atoms with van der Waals surface area (Å²) >= 11 is 0. The van der Waals surface area contributed by atoms with E-state index in [1.165, 1.54) is 12.1 Å². The summed E-state index contributed by atoms with van der Waals surface area (Å²) in [4.78, 5) is 16.5. The lowest BCUT2D eigenvalue weighted by Gasteiger charge is -2.12. The maximum absolute atomic E-state index is 12.9. The van der Waals surface area contributed by atoms with Gasteiger partial charge in [-0.15, -0.1) is 24.0 Å². The highest BCUT2D eigenvalue weighted by Gasteiger charge is 2.15. The van der Waals surface area contributed by atoms with Crippen LogP contribution in [-0.4, -0.2) is 64.5 Å². The molecule has 1 aromatic rings. The van der Waals surface area contributed by atoms with E-state index in [1.807, 2.05) is 6.92 Å². The number of nitrogens with zero attached hydrogens (tertiary/aromatic N) is 1. The lowest BCUT2D eigenvalue weighted by Crippen LogP contribution is -2.41. The van der Waals surface area contributed by atoms with E-state index in [9.17, 15) is 9.18 Å². The quantitative estimate of drug-likeness (QED) is 0.165. The molecule has 1 amide bonds. The zero-order valence-corrected chi connectivity index (χ0v) is 20.0. The van der Waals surface area contributed by atoms with Gasteiger partial charge >= 0.3 is 0 Å². The number of guanidine groups is 1. The largest absolute Gasteiger partial charge is 0.381 e. The van der Waals surface area contributed by atoms with Gasteiger partial charge in [0.2, 0.25) is 5.91 Å². The fourth-order valence-corrected chi connectivity index (χ4v) is 2.90. The second-order valence-electron chi connectivity index (χ2n) is 7.00. The Morgan fingerprint density at radius 3 is 2.70 bits per heavy atom. The lowest BCUT2D eigenvalue weighted by molar-refractivity contribution is -0.120. The summed E-state index contributed by atoms with van der Waals surface area (Å²) in [6, 6.07) is 5.96. The normalized spacial score (nSPS) is 16.1. The highest BCUT2D eigenvalue weighted by molar-refractivity contribution is 14.0. The molecule has 0 bridgehead atoms. The molecule has 0 spiro atoms. The number of ether oxygens (including phenoxy) is 2. The summed E-state index contributed by atoms with van der Waals surface area (Å²) in [5, 5.41) is 9.23. The van der Waals surface area contributed by atoms with E-state index in [-0.39, 0.29) is 42.1 Å². The zero-order chi connectivity index (χ0) is 20.7. The molecule has 1 saturated heterocycles. The fourth-order valence-electron chi connectivity index (χ4n) is 2.90. The van der Waals surface area contributed by atoms with E-state index in [0.29, 0.717) is 32.2 Å². The van der Waals surface area contributed by atoms with Crippen LogP contribution in [0.4, 0.5) is 4.39 Å². The van der Waals surface area contributed by atoms with E-state index >= 15 is 0 Å². The van der Waals surface area contributed by atoms with Crippen LogP contribution in [0.3, 0.4) is 0 Å². The third-order valence-corrected chi connectivity index (χ3v) is 4.46. The maximum Gasteiger partial charge on any atom is 0.224 e. The van der Waals surface area contributed by atoms with Crippen molar-refractivity contribution in [2.75, 3.05) is 52.6 Å². The van der Waals surface area contributed by atoms with Crippen molar-refractivity contribution in [3.05, 3.63) is 35.6 Å². The third-order valence-electron chi connectivity index (χ3n) is 4.46. The van der Waals surface area contributed by atoms with Gasteiger partial charge in [0.25, 0.3) is 0 Å². The average molecular weight is 536 g/mol. The first kappa shape index (κ1) is 26.6. The Morgan fingerprint density at radius 1 is 1.23 bits per heavy atom. The number of aliphatic imine (C=N–C) groups is 1. The molecule has 1 unspecified atom stereocenters. The summed E-state index contributed by atoms with van der Waals surface area (Å²) < 4.78 is 23.9. The second-order valence-corrected chi connectivity index (χ2v) is 7.00. The highest BCUT2D eigenvalue weighted by Crippen LogP contribution is 2.12. The molecule has 1 fully saturated rings. The molecule has 0 saturated carbocycles. The molecular formula is C21H34FIN4O3. The average Bonchev–Trinajstić information content (AvgIpc) is 3.23. The van der Waals surface area contributed by atoms with Crippen molar-refractivity contribution in [2.24, 2.45) is 10.9 Å². The first-order valence-corrected chi connectivity index (χ1v) is 10.4. The predicted octanol–water partition coefficient (Wildman–Crippen LogP) is 2.10. The minimum absolute atomic E-state index is 0. The summed E-state index contributed by atoms with van der Waals surface area (Å²) in [7, 11) is 0. The number of halogens is 2. The van der Waals surface area contributed by atoms with E-state index in [4.69, 9.17) is 9.47 Å². The topological polar surface area (TPSA) is 84.0 Å². The van der Waals surface area contributed by atoms with Crippen molar-refractivity contribution < 1.29 is 18.7 Å². The van der Waals surface area contributed by atoms with E-state index in [2.05, 4.69) is 20.9 Å². The van der Waals surface area contributed by atoms with Crippen LogP contribution >= 0.6 is 24.0 Å². The van der Waals surface area contributed by atoms with Gasteiger partial charge in [-0.2, -0.15) is 0 Å². The van der Waals surface area contributed by atoms with E-state index < -0.39 is 0 Å². The maximum atomic E-state index is 12.9. The highest BCUT2D eigenvalue weighted by atomic mass is 127. The van der Waals surface area contributed by atoms with Crippen molar-refractivity contribution in [1.29, 1.82) is 0 Å². The van der Waals surface area contributed by atoms with Crippen molar-refractivity contribution in [3.63, 3.8) is 0 Å². The Balaban J connectivity index is 0.00000450. The Hall–Kier alpha value is -1.46. The molecule has 9 heteroatoms. The van der Waals surface area contributed by atoms with E-state index in [1.54, 1.807) is 12.1 Å². The van der Waals surface area contributed by atoms with Crippen LogP contribution in [0, 0.1) is 11.7 Å². The van der Waals surface area contributed by atoms with Gasteiger partial charge in [0.05, 0.1) is 19.6 Å². The standard InChI is InChI=1S/C21H33FN4O3.HI/c1-2-23-21(25-9-3-12-28-15-18-8-13-29-16-18)26-11-10-24-20(27)14-17-4-6-19(22)7-5-17;/h4-7,18H,2-3,8-16H2,1H3,(H,24,27)(H2,23,25,26);1H. The fraction of sp³-hybridized carbons (Fsp3) is 0.619. The summed E-state index contributed by atoms with van der Waals surface area (Å²) in [6.07, 6.45) is 2.19. The number of rotatable bonds is 12. The monoisotopic (exact) mass is 536 g/mol. The van der Waals surface area contributed by atoms with Crippen LogP contribution < -0.4 is 16.0 Å². The lowest BCUT2D eigenvalue weighted by atomic mass is 10.1. The molecule has 2 rings (SSSR count). The number of amides is 1. The first-order valence-electron chi connectivity index (χ1n) is 10.4. The second kappa shape index (κ2) is 16.3. The van der Waals surface area contributed by atoms with Gasteiger partial charge in [0, 0.05) is 45.3 Å². The third kappa shape index (κ3) is 11.7. The van der Waals surface area contributed by atoms with Crippen LogP contribution in [0.1, 0.15) is 25.3 Å². The Bertz CT molecular complexity index is 625. The van der Waals surface area contributed by atoms with Gasteiger partial charge in [-0.3, -0.25) is 9.79 Å². The molecule has 30 heavy (non-hydrogen) atoms. The molecular weight excluding hydrogens is 502 g/mol. The first-order chi connectivity index (χ1) is 14.2. The number of hydrogen-bond donors (Lipinski definition) is 3. The SMILES string of the molecule is CCNC(=NCCCOCC1CCOC1)NCCNC(=O)Cc1ccc(F)cc1.I. The molecule has 170 valence electrons.